The molecule has 0 aliphatic heterocycles. The Kier molecular flexibility index (Phi) is 3.02. The number of nitrogens with two attached hydrogens (primary N) is 1. The monoisotopic (exact) mass is 232 g/mol. The molecule has 0 aliphatic carbocycles. The molecule has 2 rings (SSSR count). The first kappa shape index (κ1) is 10.8. The fourth-order valence-corrected chi connectivity index (χ4v) is 1.62. The summed E-state index contributed by atoms with van der Waals surface area (Å²) in [5, 5.41) is 3.89. The van der Waals surface area contributed by atoms with Crippen LogP contribution >= 0.6 is 11.6 Å². The van der Waals surface area contributed by atoms with Gasteiger partial charge in [0, 0.05) is 10.7 Å². The first-order chi connectivity index (χ1) is 7.65. The van der Waals surface area contributed by atoms with Gasteiger partial charge in [0.1, 0.15) is 0 Å². The summed E-state index contributed by atoms with van der Waals surface area (Å²) in [6, 6.07) is 13.6. The molecule has 16 heavy (non-hydrogen) atoms. The molecule has 0 heterocycles. The van der Waals surface area contributed by atoms with Crippen LogP contribution < -0.4 is 11.1 Å². The van der Waals surface area contributed by atoms with Gasteiger partial charge in [-0.3, -0.25) is 0 Å². The molecule has 0 aliphatic rings. The maximum Gasteiger partial charge on any atom is 0.0618 e. The summed E-state index contributed by atoms with van der Waals surface area (Å²) in [5.74, 6) is 0. The van der Waals surface area contributed by atoms with Gasteiger partial charge in [0.25, 0.3) is 0 Å². The van der Waals surface area contributed by atoms with Crippen molar-refractivity contribution in [3.05, 3.63) is 53.1 Å². The minimum absolute atomic E-state index is 0.645. The van der Waals surface area contributed by atoms with Gasteiger partial charge in [-0.15, -0.1) is 0 Å². The normalized spacial score (nSPS) is 10.1. The maximum absolute atomic E-state index is 5.85. The van der Waals surface area contributed by atoms with Gasteiger partial charge in [-0.2, -0.15) is 0 Å². The van der Waals surface area contributed by atoms with Gasteiger partial charge in [-0.25, -0.2) is 0 Å². The Balaban J connectivity index is 2.23. The number of halogens is 1. The number of aryl methyl sites for hydroxylation is 1. The lowest BCUT2D eigenvalue weighted by atomic mass is 10.2. The van der Waals surface area contributed by atoms with E-state index in [9.17, 15) is 0 Å². The molecule has 82 valence electrons. The molecule has 3 heteroatoms. The van der Waals surface area contributed by atoms with Gasteiger partial charge in [-0.1, -0.05) is 29.3 Å². The highest BCUT2D eigenvalue weighted by molar-refractivity contribution is 6.31. The zero-order valence-electron chi connectivity index (χ0n) is 9.00. The summed E-state index contributed by atoms with van der Waals surface area (Å²) in [4.78, 5) is 0. The second kappa shape index (κ2) is 4.45. The quantitative estimate of drug-likeness (QED) is 0.769. The van der Waals surface area contributed by atoms with E-state index in [1.165, 1.54) is 5.56 Å². The fourth-order valence-electron chi connectivity index (χ4n) is 1.44. The van der Waals surface area contributed by atoms with Crippen LogP contribution in [0.5, 0.6) is 0 Å². The maximum atomic E-state index is 5.85. The van der Waals surface area contributed by atoms with Crippen LogP contribution in [-0.2, 0) is 0 Å². The first-order valence-electron chi connectivity index (χ1n) is 5.04. The lowest BCUT2D eigenvalue weighted by Crippen LogP contribution is -1.95. The van der Waals surface area contributed by atoms with Crippen LogP contribution in [-0.4, -0.2) is 0 Å². The molecule has 3 N–H and O–H groups in total. The fraction of sp³-hybridized carbons (Fsp3) is 0.0769. The molecule has 0 aromatic heterocycles. The summed E-state index contributed by atoms with van der Waals surface area (Å²) in [5.41, 5.74) is 9.61. The molecule has 2 aromatic carbocycles. The summed E-state index contributed by atoms with van der Waals surface area (Å²) < 4.78 is 0. The van der Waals surface area contributed by atoms with Crippen molar-refractivity contribution in [2.45, 2.75) is 6.92 Å². The molecule has 0 fully saturated rings. The topological polar surface area (TPSA) is 38.0 Å². The Morgan fingerprint density at radius 2 is 1.75 bits per heavy atom. The van der Waals surface area contributed by atoms with Crippen molar-refractivity contribution in [1.82, 2.24) is 0 Å². The molecular weight excluding hydrogens is 220 g/mol. The van der Waals surface area contributed by atoms with Crippen molar-refractivity contribution in [2.75, 3.05) is 11.1 Å². The van der Waals surface area contributed by atoms with Crippen LogP contribution in [0.4, 0.5) is 17.1 Å². The average molecular weight is 233 g/mol. The summed E-state index contributed by atoms with van der Waals surface area (Å²) >= 11 is 5.83. The minimum atomic E-state index is 0.645. The lowest BCUT2D eigenvalue weighted by molar-refractivity contribution is 1.45. The molecule has 0 atom stereocenters. The third kappa shape index (κ3) is 2.47. The number of nitrogens with one attached hydrogen (secondary N) is 1. The van der Waals surface area contributed by atoms with Gasteiger partial charge < -0.3 is 11.1 Å². The average Bonchev–Trinajstić information content (AvgIpc) is 2.25. The molecule has 0 unspecified atom stereocenters. The Labute approximate surface area is 100 Å². The van der Waals surface area contributed by atoms with E-state index in [0.29, 0.717) is 10.7 Å². The smallest absolute Gasteiger partial charge is 0.0618 e. The van der Waals surface area contributed by atoms with Gasteiger partial charge in [0.05, 0.1) is 11.4 Å². The Bertz CT molecular complexity index is 492. The van der Waals surface area contributed by atoms with E-state index < -0.39 is 0 Å². The van der Waals surface area contributed by atoms with Crippen LogP contribution in [0.1, 0.15) is 5.56 Å². The number of anilines is 3. The van der Waals surface area contributed by atoms with Crippen molar-refractivity contribution >= 4 is 28.7 Å². The van der Waals surface area contributed by atoms with E-state index >= 15 is 0 Å². The molecule has 0 bridgehead atoms. The van der Waals surface area contributed by atoms with E-state index in [2.05, 4.69) is 24.4 Å². The number of hydrogen-bond acceptors (Lipinski definition) is 2. The lowest BCUT2D eigenvalue weighted by Gasteiger charge is -2.09. The number of rotatable bonds is 2. The van der Waals surface area contributed by atoms with Crippen LogP contribution in [0.3, 0.4) is 0 Å². The molecular formula is C13H13ClN2. The highest BCUT2D eigenvalue weighted by atomic mass is 35.5. The van der Waals surface area contributed by atoms with Crippen molar-refractivity contribution < 1.29 is 0 Å². The van der Waals surface area contributed by atoms with E-state index in [0.717, 1.165) is 11.4 Å². The summed E-state index contributed by atoms with van der Waals surface area (Å²) in [6.07, 6.45) is 0. The predicted molar refractivity (Wildman–Crippen MR) is 70.3 cm³/mol. The molecule has 0 amide bonds. The van der Waals surface area contributed by atoms with Crippen LogP contribution in [0.15, 0.2) is 42.5 Å². The SMILES string of the molecule is Cc1ccc(Nc2ccc(Cl)cc2N)cc1. The zero-order valence-corrected chi connectivity index (χ0v) is 9.75. The van der Waals surface area contributed by atoms with Gasteiger partial charge in [-0.05, 0) is 37.3 Å². The largest absolute Gasteiger partial charge is 0.397 e. The summed E-state index contributed by atoms with van der Waals surface area (Å²) in [6.45, 7) is 2.06. The Hall–Kier alpha value is -1.67. The van der Waals surface area contributed by atoms with Crippen molar-refractivity contribution in [3.63, 3.8) is 0 Å². The summed E-state index contributed by atoms with van der Waals surface area (Å²) in [7, 11) is 0. The van der Waals surface area contributed by atoms with E-state index in [1.807, 2.05) is 24.3 Å². The molecule has 0 saturated carbocycles. The highest BCUT2D eigenvalue weighted by Crippen LogP contribution is 2.26. The second-order valence-corrected chi connectivity index (χ2v) is 4.16. The number of hydrogen-bond donors (Lipinski definition) is 2. The third-order valence-electron chi connectivity index (χ3n) is 2.34. The molecule has 2 nitrogen and oxygen atoms in total. The Morgan fingerprint density at radius 1 is 1.06 bits per heavy atom. The number of benzene rings is 2. The number of nitrogen functional groups attached to an aromatic ring is 1. The first-order valence-corrected chi connectivity index (χ1v) is 5.42. The van der Waals surface area contributed by atoms with Crippen LogP contribution in [0, 0.1) is 6.92 Å². The molecule has 2 aromatic rings. The van der Waals surface area contributed by atoms with E-state index in [-0.39, 0.29) is 0 Å². The van der Waals surface area contributed by atoms with Gasteiger partial charge >= 0.3 is 0 Å². The van der Waals surface area contributed by atoms with Crippen LogP contribution in [0.2, 0.25) is 5.02 Å². The second-order valence-electron chi connectivity index (χ2n) is 3.72. The molecule has 0 radical (unpaired) electrons. The van der Waals surface area contributed by atoms with Gasteiger partial charge in [0.2, 0.25) is 0 Å². The van der Waals surface area contributed by atoms with Crippen LogP contribution in [0.25, 0.3) is 0 Å². The highest BCUT2D eigenvalue weighted by Gasteiger charge is 2.00. The van der Waals surface area contributed by atoms with Crippen molar-refractivity contribution in [2.24, 2.45) is 0 Å². The van der Waals surface area contributed by atoms with Crippen molar-refractivity contribution in [3.8, 4) is 0 Å². The predicted octanol–water partition coefficient (Wildman–Crippen LogP) is 3.97. The standard InChI is InChI=1S/C13H13ClN2/c1-9-2-5-11(6-3-9)16-13-7-4-10(14)8-12(13)15/h2-8,16H,15H2,1H3. The third-order valence-corrected chi connectivity index (χ3v) is 2.58. The minimum Gasteiger partial charge on any atom is -0.397 e. The Morgan fingerprint density at radius 3 is 2.38 bits per heavy atom. The van der Waals surface area contributed by atoms with E-state index in [4.69, 9.17) is 17.3 Å². The van der Waals surface area contributed by atoms with E-state index in [1.54, 1.807) is 6.07 Å². The molecule has 0 saturated heterocycles. The van der Waals surface area contributed by atoms with Crippen molar-refractivity contribution in [1.29, 1.82) is 0 Å². The zero-order chi connectivity index (χ0) is 11.5. The van der Waals surface area contributed by atoms with Gasteiger partial charge in [0.15, 0.2) is 0 Å². The molecule has 0 spiro atoms.